The van der Waals surface area contributed by atoms with Gasteiger partial charge in [-0.1, -0.05) is 6.92 Å². The van der Waals surface area contributed by atoms with Gasteiger partial charge in [-0.25, -0.2) is 0 Å². The average molecular weight is 112 g/mol. The van der Waals surface area contributed by atoms with E-state index < -0.39 is 0 Å². The van der Waals surface area contributed by atoms with E-state index in [0.29, 0.717) is 12.2 Å². The SMILES string of the molecule is C[C@@H]1CC2CCC1O2. The Kier molecular flexibility index (Phi) is 0.884. The second kappa shape index (κ2) is 1.47. The maximum absolute atomic E-state index is 5.58. The predicted octanol–water partition coefficient (Wildman–Crippen LogP) is 1.57. The molecule has 2 fully saturated rings. The molecule has 1 heteroatoms. The first-order valence-electron chi connectivity index (χ1n) is 3.52. The van der Waals surface area contributed by atoms with Crippen LogP contribution in [0.2, 0.25) is 0 Å². The van der Waals surface area contributed by atoms with Crippen LogP contribution in [-0.2, 0) is 4.74 Å². The Labute approximate surface area is 50.0 Å². The van der Waals surface area contributed by atoms with Crippen LogP contribution in [0.3, 0.4) is 0 Å². The van der Waals surface area contributed by atoms with E-state index in [-0.39, 0.29) is 0 Å². The minimum atomic E-state index is 0.639. The van der Waals surface area contributed by atoms with E-state index in [0.717, 1.165) is 5.92 Å². The van der Waals surface area contributed by atoms with Gasteiger partial charge in [-0.2, -0.15) is 0 Å². The van der Waals surface area contributed by atoms with E-state index >= 15 is 0 Å². The third-order valence-corrected chi connectivity index (χ3v) is 2.41. The predicted molar refractivity (Wildman–Crippen MR) is 31.7 cm³/mol. The highest BCUT2D eigenvalue weighted by molar-refractivity contribution is 4.86. The molecule has 2 bridgehead atoms. The fourth-order valence-corrected chi connectivity index (χ4v) is 1.89. The van der Waals surface area contributed by atoms with Crippen molar-refractivity contribution in [3.05, 3.63) is 0 Å². The Bertz CT molecular complexity index is 98.6. The van der Waals surface area contributed by atoms with Gasteiger partial charge in [0.2, 0.25) is 0 Å². The molecule has 0 aromatic carbocycles. The molecule has 8 heavy (non-hydrogen) atoms. The number of hydrogen-bond donors (Lipinski definition) is 0. The van der Waals surface area contributed by atoms with Crippen molar-refractivity contribution < 1.29 is 4.74 Å². The Morgan fingerprint density at radius 2 is 2.25 bits per heavy atom. The number of ether oxygens (including phenoxy) is 1. The molecule has 0 N–H and O–H groups in total. The summed E-state index contributed by atoms with van der Waals surface area (Å²) in [5.41, 5.74) is 0. The van der Waals surface area contributed by atoms with Crippen molar-refractivity contribution in [2.24, 2.45) is 5.92 Å². The van der Waals surface area contributed by atoms with Crippen molar-refractivity contribution in [2.45, 2.75) is 38.4 Å². The smallest absolute Gasteiger partial charge is 0.0606 e. The molecule has 0 aliphatic carbocycles. The molecule has 2 aliphatic rings. The molecule has 1 nitrogen and oxygen atoms in total. The van der Waals surface area contributed by atoms with Crippen LogP contribution < -0.4 is 0 Å². The van der Waals surface area contributed by atoms with Crippen molar-refractivity contribution in [2.75, 3.05) is 0 Å². The molecule has 0 radical (unpaired) electrons. The monoisotopic (exact) mass is 112 g/mol. The van der Waals surface area contributed by atoms with Crippen molar-refractivity contribution in [1.82, 2.24) is 0 Å². The lowest BCUT2D eigenvalue weighted by molar-refractivity contribution is 0.0949. The standard InChI is InChI=1S/C7H12O/c1-5-4-6-2-3-7(5)8-6/h5-7H,2-4H2,1H3/t5-,6?,7?/m1/s1. The first kappa shape index (κ1) is 4.80. The second-order valence-corrected chi connectivity index (χ2v) is 3.09. The minimum absolute atomic E-state index is 0.639. The molecule has 2 rings (SSSR count). The lowest BCUT2D eigenvalue weighted by Gasteiger charge is -2.11. The maximum Gasteiger partial charge on any atom is 0.0606 e. The van der Waals surface area contributed by atoms with Gasteiger partial charge in [0.15, 0.2) is 0 Å². The molecule has 2 saturated heterocycles. The lowest BCUT2D eigenvalue weighted by Crippen LogP contribution is -2.11. The lowest BCUT2D eigenvalue weighted by atomic mass is 9.91. The van der Waals surface area contributed by atoms with Gasteiger partial charge in [-0.05, 0) is 25.2 Å². The molecule has 3 atom stereocenters. The topological polar surface area (TPSA) is 9.23 Å². The van der Waals surface area contributed by atoms with Crippen LogP contribution in [0.5, 0.6) is 0 Å². The summed E-state index contributed by atoms with van der Waals surface area (Å²) in [5.74, 6) is 0.855. The molecule has 0 saturated carbocycles. The first-order chi connectivity index (χ1) is 3.86. The molecule has 0 aromatic rings. The summed E-state index contributed by atoms with van der Waals surface area (Å²) < 4.78 is 5.58. The highest BCUT2D eigenvalue weighted by Gasteiger charge is 2.37. The van der Waals surface area contributed by atoms with Crippen LogP contribution in [0.25, 0.3) is 0 Å². The van der Waals surface area contributed by atoms with Crippen molar-refractivity contribution in [3.8, 4) is 0 Å². The quantitative estimate of drug-likeness (QED) is 0.462. The zero-order chi connectivity index (χ0) is 5.56. The normalized spacial score (nSPS) is 52.9. The third kappa shape index (κ3) is 0.510. The molecular formula is C7H12O. The highest BCUT2D eigenvalue weighted by atomic mass is 16.5. The summed E-state index contributed by atoms with van der Waals surface area (Å²) in [4.78, 5) is 0. The van der Waals surface area contributed by atoms with Gasteiger partial charge in [0, 0.05) is 0 Å². The maximum atomic E-state index is 5.58. The minimum Gasteiger partial charge on any atom is -0.375 e. The fourth-order valence-electron chi connectivity index (χ4n) is 1.89. The van der Waals surface area contributed by atoms with Gasteiger partial charge in [0.25, 0.3) is 0 Å². The molecule has 0 amide bonds. The molecule has 2 unspecified atom stereocenters. The number of rotatable bonds is 0. The van der Waals surface area contributed by atoms with Crippen LogP contribution in [0.1, 0.15) is 26.2 Å². The molecule has 46 valence electrons. The van der Waals surface area contributed by atoms with Gasteiger partial charge < -0.3 is 4.74 Å². The van der Waals surface area contributed by atoms with Crippen LogP contribution in [0, 0.1) is 5.92 Å². The molecule has 0 spiro atoms. The third-order valence-electron chi connectivity index (χ3n) is 2.41. The summed E-state index contributed by atoms with van der Waals surface area (Å²) >= 11 is 0. The molecule has 0 aromatic heterocycles. The van der Waals surface area contributed by atoms with Crippen LogP contribution in [0.15, 0.2) is 0 Å². The summed E-state index contributed by atoms with van der Waals surface area (Å²) in [6.07, 6.45) is 5.26. The van der Waals surface area contributed by atoms with E-state index in [9.17, 15) is 0 Å². The van der Waals surface area contributed by atoms with Crippen LogP contribution in [-0.4, -0.2) is 12.2 Å². The van der Waals surface area contributed by atoms with Gasteiger partial charge in [-0.15, -0.1) is 0 Å². The van der Waals surface area contributed by atoms with Crippen LogP contribution >= 0.6 is 0 Å². The number of fused-ring (bicyclic) bond motifs is 2. The molecular weight excluding hydrogens is 100 g/mol. The Morgan fingerprint density at radius 3 is 2.50 bits per heavy atom. The summed E-state index contributed by atoms with van der Waals surface area (Å²) in [6, 6.07) is 0. The average Bonchev–Trinajstić information content (AvgIpc) is 2.23. The van der Waals surface area contributed by atoms with Crippen LogP contribution in [0.4, 0.5) is 0 Å². The van der Waals surface area contributed by atoms with Gasteiger partial charge in [0.05, 0.1) is 12.2 Å². The van der Waals surface area contributed by atoms with E-state index in [2.05, 4.69) is 6.92 Å². The van der Waals surface area contributed by atoms with Crippen molar-refractivity contribution in [3.63, 3.8) is 0 Å². The fraction of sp³-hybridized carbons (Fsp3) is 1.00. The Hall–Kier alpha value is -0.0400. The summed E-state index contributed by atoms with van der Waals surface area (Å²) in [6.45, 7) is 2.30. The summed E-state index contributed by atoms with van der Waals surface area (Å²) in [5, 5.41) is 0. The van der Waals surface area contributed by atoms with E-state index in [4.69, 9.17) is 4.74 Å². The van der Waals surface area contributed by atoms with E-state index in [1.54, 1.807) is 0 Å². The highest BCUT2D eigenvalue weighted by Crippen LogP contribution is 2.37. The largest absolute Gasteiger partial charge is 0.375 e. The Morgan fingerprint density at radius 1 is 1.38 bits per heavy atom. The van der Waals surface area contributed by atoms with Crippen molar-refractivity contribution in [1.29, 1.82) is 0 Å². The Balaban J connectivity index is 2.11. The van der Waals surface area contributed by atoms with Crippen molar-refractivity contribution >= 4 is 0 Å². The van der Waals surface area contributed by atoms with Gasteiger partial charge >= 0.3 is 0 Å². The molecule has 2 heterocycles. The molecule has 2 aliphatic heterocycles. The van der Waals surface area contributed by atoms with E-state index in [1.165, 1.54) is 19.3 Å². The van der Waals surface area contributed by atoms with E-state index in [1.807, 2.05) is 0 Å². The summed E-state index contributed by atoms with van der Waals surface area (Å²) in [7, 11) is 0. The zero-order valence-corrected chi connectivity index (χ0v) is 5.26. The van der Waals surface area contributed by atoms with Gasteiger partial charge in [-0.3, -0.25) is 0 Å². The number of hydrogen-bond acceptors (Lipinski definition) is 1. The second-order valence-electron chi connectivity index (χ2n) is 3.09. The zero-order valence-electron chi connectivity index (χ0n) is 5.26. The van der Waals surface area contributed by atoms with Gasteiger partial charge in [0.1, 0.15) is 0 Å². The first-order valence-corrected chi connectivity index (χ1v) is 3.52.